The number of hydrogen-bond donors (Lipinski definition) is 0. The highest BCUT2D eigenvalue weighted by molar-refractivity contribution is 9.10. The Kier molecular flexibility index (Phi) is 7.58. The van der Waals surface area contributed by atoms with Crippen molar-refractivity contribution in [1.82, 2.24) is 4.90 Å². The molecule has 0 amide bonds. The molecular weight excluding hydrogens is 314 g/mol. The molecule has 1 aromatic rings. The second kappa shape index (κ2) is 8.69. The summed E-state index contributed by atoms with van der Waals surface area (Å²) in [6.07, 6.45) is 1.70. The van der Waals surface area contributed by atoms with Crippen LogP contribution in [0.1, 0.15) is 13.3 Å². The highest BCUT2D eigenvalue weighted by atomic mass is 79.9. The summed E-state index contributed by atoms with van der Waals surface area (Å²) < 4.78 is 6.56. The number of carbonyl (C=O) groups excluding carboxylic acids is 1. The molecule has 0 saturated heterocycles. The van der Waals surface area contributed by atoms with E-state index in [-0.39, 0.29) is 6.04 Å². The van der Waals surface area contributed by atoms with Gasteiger partial charge in [-0.25, -0.2) is 0 Å². The van der Waals surface area contributed by atoms with Crippen molar-refractivity contribution in [3.63, 3.8) is 0 Å². The van der Waals surface area contributed by atoms with Crippen molar-refractivity contribution in [2.24, 2.45) is 0 Å². The first-order valence-electron chi connectivity index (χ1n) is 5.88. The molecule has 0 fully saturated rings. The van der Waals surface area contributed by atoms with E-state index in [2.05, 4.69) is 15.9 Å². The van der Waals surface area contributed by atoms with Gasteiger partial charge in [0.05, 0.1) is 12.6 Å². The van der Waals surface area contributed by atoms with Crippen LogP contribution in [0.3, 0.4) is 0 Å². The fraction of sp³-hybridized carbons (Fsp3) is 0.462. The lowest BCUT2D eigenvalue weighted by Gasteiger charge is -2.21. The van der Waals surface area contributed by atoms with Gasteiger partial charge in [-0.1, -0.05) is 22.9 Å². The summed E-state index contributed by atoms with van der Waals surface area (Å²) in [6.45, 7) is 3.46. The smallest absolute Gasteiger partial charge is 0.137 e. The van der Waals surface area contributed by atoms with Gasteiger partial charge in [0, 0.05) is 21.4 Å². The fourth-order valence-electron chi connectivity index (χ4n) is 1.40. The largest absolute Gasteiger partial charge is 0.310 e. The zero-order chi connectivity index (χ0) is 13.4. The Morgan fingerprint density at radius 1 is 1.44 bits per heavy atom. The predicted octanol–water partition coefficient (Wildman–Crippen LogP) is 3.38. The zero-order valence-corrected chi connectivity index (χ0v) is 13.0. The molecule has 0 radical (unpaired) electrons. The van der Waals surface area contributed by atoms with Gasteiger partial charge in [0.15, 0.2) is 0 Å². The van der Waals surface area contributed by atoms with Crippen LogP contribution in [0.4, 0.5) is 0 Å². The molecule has 0 aromatic heterocycles. The van der Waals surface area contributed by atoms with Gasteiger partial charge in [-0.15, -0.1) is 0 Å². The molecule has 1 rings (SSSR count). The molecule has 0 bridgehead atoms. The normalized spacial score (nSPS) is 12.7. The number of aldehydes is 1. The third kappa shape index (κ3) is 5.52. The van der Waals surface area contributed by atoms with Gasteiger partial charge in [0.1, 0.15) is 6.29 Å². The molecule has 1 atom stereocenters. The summed E-state index contributed by atoms with van der Waals surface area (Å²) in [5, 5.41) is 0. The molecule has 0 N–H and O–H groups in total. The fourth-order valence-corrected chi connectivity index (χ4v) is 2.22. The molecule has 0 saturated carbocycles. The van der Waals surface area contributed by atoms with Crippen molar-refractivity contribution < 1.29 is 8.98 Å². The lowest BCUT2D eigenvalue weighted by molar-refractivity contribution is -0.112. The summed E-state index contributed by atoms with van der Waals surface area (Å²) in [6, 6.07) is 7.88. The van der Waals surface area contributed by atoms with Gasteiger partial charge in [0.2, 0.25) is 0 Å². The summed E-state index contributed by atoms with van der Waals surface area (Å²) in [5.41, 5.74) is 0. The minimum absolute atomic E-state index is 0.0551. The van der Waals surface area contributed by atoms with Crippen molar-refractivity contribution in [2.45, 2.75) is 24.3 Å². The maximum Gasteiger partial charge on any atom is 0.137 e. The summed E-state index contributed by atoms with van der Waals surface area (Å²) >= 11 is 4.73. The lowest BCUT2D eigenvalue weighted by Crippen LogP contribution is -2.33. The molecular formula is C13H18BrNO2S. The second-order valence-corrected chi connectivity index (χ2v) is 5.71. The Balaban J connectivity index is 2.25. The van der Waals surface area contributed by atoms with Crippen LogP contribution in [0.2, 0.25) is 0 Å². The maximum absolute atomic E-state index is 10.9. The van der Waals surface area contributed by atoms with Gasteiger partial charge in [-0.05, 0) is 44.3 Å². The maximum atomic E-state index is 10.9. The molecule has 0 aliphatic carbocycles. The van der Waals surface area contributed by atoms with E-state index in [0.29, 0.717) is 6.61 Å². The van der Waals surface area contributed by atoms with Crippen LogP contribution in [0.25, 0.3) is 0 Å². The first-order valence-corrected chi connectivity index (χ1v) is 7.41. The first-order chi connectivity index (χ1) is 8.67. The molecule has 0 heterocycles. The molecule has 0 aliphatic heterocycles. The van der Waals surface area contributed by atoms with Crippen LogP contribution in [-0.2, 0) is 8.98 Å². The van der Waals surface area contributed by atoms with E-state index in [1.165, 1.54) is 12.0 Å². The monoisotopic (exact) mass is 331 g/mol. The molecule has 18 heavy (non-hydrogen) atoms. The van der Waals surface area contributed by atoms with E-state index in [4.69, 9.17) is 4.18 Å². The lowest BCUT2D eigenvalue weighted by atomic mass is 10.2. The predicted molar refractivity (Wildman–Crippen MR) is 78.7 cm³/mol. The van der Waals surface area contributed by atoms with Gasteiger partial charge in [-0.3, -0.25) is 4.90 Å². The van der Waals surface area contributed by atoms with Gasteiger partial charge < -0.3 is 8.98 Å². The Hall–Kier alpha value is -0.360. The number of carbonyl (C=O) groups is 1. The van der Waals surface area contributed by atoms with E-state index in [0.717, 1.165) is 28.6 Å². The molecule has 0 spiro atoms. The van der Waals surface area contributed by atoms with Crippen LogP contribution in [0.15, 0.2) is 33.6 Å². The van der Waals surface area contributed by atoms with Crippen molar-refractivity contribution in [3.8, 4) is 0 Å². The van der Waals surface area contributed by atoms with E-state index in [9.17, 15) is 4.79 Å². The van der Waals surface area contributed by atoms with Crippen LogP contribution < -0.4 is 0 Å². The number of hydrogen-bond acceptors (Lipinski definition) is 4. The topological polar surface area (TPSA) is 29.5 Å². The Morgan fingerprint density at radius 3 is 2.67 bits per heavy atom. The summed E-state index contributed by atoms with van der Waals surface area (Å²) in [4.78, 5) is 14.0. The van der Waals surface area contributed by atoms with E-state index in [1.54, 1.807) is 0 Å². The molecule has 100 valence electrons. The number of nitrogens with zero attached hydrogens (tertiary/aromatic N) is 1. The van der Waals surface area contributed by atoms with E-state index in [1.807, 2.05) is 43.1 Å². The molecule has 1 aromatic carbocycles. The zero-order valence-electron chi connectivity index (χ0n) is 10.6. The standard InChI is InChI=1S/C13H18BrNO2S/c1-3-15(2)12(10-16)8-9-17-18-13-6-4-11(14)5-7-13/h4-7,10,12H,3,8-9H2,1-2H3/t12-/m0/s1. The van der Waals surface area contributed by atoms with Gasteiger partial charge in [-0.2, -0.15) is 0 Å². The van der Waals surface area contributed by atoms with E-state index < -0.39 is 0 Å². The third-order valence-electron chi connectivity index (χ3n) is 2.69. The Morgan fingerprint density at radius 2 is 2.11 bits per heavy atom. The highest BCUT2D eigenvalue weighted by Crippen LogP contribution is 2.21. The van der Waals surface area contributed by atoms with E-state index >= 15 is 0 Å². The summed E-state index contributed by atoms with van der Waals surface area (Å²) in [5.74, 6) is 0. The van der Waals surface area contributed by atoms with Gasteiger partial charge >= 0.3 is 0 Å². The minimum atomic E-state index is -0.0551. The molecule has 5 heteroatoms. The Labute approximate surface area is 121 Å². The highest BCUT2D eigenvalue weighted by Gasteiger charge is 2.11. The Bertz CT molecular complexity index is 359. The van der Waals surface area contributed by atoms with Crippen LogP contribution in [-0.4, -0.2) is 37.4 Å². The number of benzene rings is 1. The number of rotatable bonds is 8. The average molecular weight is 332 g/mol. The van der Waals surface area contributed by atoms with Crippen molar-refractivity contribution >= 4 is 34.3 Å². The van der Waals surface area contributed by atoms with Crippen molar-refractivity contribution in [1.29, 1.82) is 0 Å². The van der Waals surface area contributed by atoms with Crippen molar-refractivity contribution in [2.75, 3.05) is 20.2 Å². The quantitative estimate of drug-likeness (QED) is 0.415. The minimum Gasteiger partial charge on any atom is -0.310 e. The number of likely N-dealkylation sites (N-methyl/N-ethyl adjacent to an activating group) is 1. The molecule has 0 aliphatic rings. The van der Waals surface area contributed by atoms with Crippen molar-refractivity contribution in [3.05, 3.63) is 28.7 Å². The van der Waals surface area contributed by atoms with Gasteiger partial charge in [0.25, 0.3) is 0 Å². The SMILES string of the molecule is CCN(C)[C@H](C=O)CCOSc1ccc(Br)cc1. The summed E-state index contributed by atoms with van der Waals surface area (Å²) in [7, 11) is 1.95. The molecule has 0 unspecified atom stereocenters. The van der Waals surface area contributed by atoms with Crippen LogP contribution >= 0.6 is 28.0 Å². The van der Waals surface area contributed by atoms with Crippen LogP contribution in [0.5, 0.6) is 0 Å². The average Bonchev–Trinajstić information content (AvgIpc) is 2.40. The van der Waals surface area contributed by atoms with Crippen LogP contribution in [0, 0.1) is 0 Å². The third-order valence-corrected chi connectivity index (χ3v) is 3.97. The second-order valence-electron chi connectivity index (χ2n) is 3.92. The number of halogens is 1. The first kappa shape index (κ1) is 15.7. The molecule has 3 nitrogen and oxygen atoms in total.